The highest BCUT2D eigenvalue weighted by molar-refractivity contribution is 6.30. The maximum Gasteiger partial charge on any atom is 0.242 e. The molecule has 2 rings (SSSR count). The average molecular weight is 239 g/mol. The fraction of sp³-hybridized carbons (Fsp3) is 0.273. The standard InChI is InChI=1S/C11H11ClN2O2/c12-9-3-1-8(2-4-9)6-14-7-10(15)13-5-11(14)16/h1-4H,5-7H2,(H,13,15). The minimum atomic E-state index is -0.117. The van der Waals surface area contributed by atoms with E-state index < -0.39 is 0 Å². The van der Waals surface area contributed by atoms with E-state index in [4.69, 9.17) is 11.6 Å². The zero-order valence-corrected chi connectivity index (χ0v) is 9.33. The van der Waals surface area contributed by atoms with Gasteiger partial charge >= 0.3 is 0 Å². The van der Waals surface area contributed by atoms with Gasteiger partial charge in [-0.15, -0.1) is 0 Å². The third-order valence-electron chi connectivity index (χ3n) is 2.41. The molecule has 4 nitrogen and oxygen atoms in total. The predicted molar refractivity (Wildman–Crippen MR) is 59.9 cm³/mol. The van der Waals surface area contributed by atoms with Gasteiger partial charge in [0.25, 0.3) is 0 Å². The number of halogens is 1. The van der Waals surface area contributed by atoms with Crippen LogP contribution < -0.4 is 5.32 Å². The number of benzene rings is 1. The molecule has 0 aromatic heterocycles. The molecule has 84 valence electrons. The van der Waals surface area contributed by atoms with Gasteiger partial charge in [-0.25, -0.2) is 0 Å². The molecule has 0 radical (unpaired) electrons. The van der Waals surface area contributed by atoms with Crippen LogP contribution in [0, 0.1) is 0 Å². The number of nitrogens with one attached hydrogen (secondary N) is 1. The summed E-state index contributed by atoms with van der Waals surface area (Å²) in [5, 5.41) is 3.16. The third kappa shape index (κ3) is 2.52. The average Bonchev–Trinajstić information content (AvgIpc) is 2.27. The van der Waals surface area contributed by atoms with Crippen LogP contribution in [0.1, 0.15) is 5.56 Å². The van der Waals surface area contributed by atoms with Gasteiger partial charge in [0.15, 0.2) is 0 Å². The number of carbonyl (C=O) groups excluding carboxylic acids is 2. The maximum atomic E-state index is 11.5. The quantitative estimate of drug-likeness (QED) is 0.829. The van der Waals surface area contributed by atoms with Crippen molar-refractivity contribution in [2.75, 3.05) is 13.1 Å². The van der Waals surface area contributed by atoms with Crippen molar-refractivity contribution in [2.45, 2.75) is 6.54 Å². The molecule has 1 saturated heterocycles. The van der Waals surface area contributed by atoms with Crippen molar-refractivity contribution >= 4 is 23.4 Å². The fourth-order valence-electron chi connectivity index (χ4n) is 1.56. The van der Waals surface area contributed by atoms with Crippen LogP contribution in [0.5, 0.6) is 0 Å². The van der Waals surface area contributed by atoms with Crippen molar-refractivity contribution in [3.05, 3.63) is 34.9 Å². The maximum absolute atomic E-state index is 11.5. The molecule has 0 bridgehead atoms. The van der Waals surface area contributed by atoms with Crippen LogP contribution in [0.15, 0.2) is 24.3 Å². The lowest BCUT2D eigenvalue weighted by atomic mass is 10.2. The van der Waals surface area contributed by atoms with Crippen molar-refractivity contribution in [1.82, 2.24) is 10.2 Å². The first-order chi connectivity index (χ1) is 7.65. The molecule has 0 saturated carbocycles. The van der Waals surface area contributed by atoms with E-state index in [1.54, 1.807) is 12.1 Å². The van der Waals surface area contributed by atoms with Crippen molar-refractivity contribution in [2.24, 2.45) is 0 Å². The van der Waals surface area contributed by atoms with Gasteiger partial charge in [0.05, 0.1) is 13.1 Å². The Kier molecular flexibility index (Phi) is 3.10. The Morgan fingerprint density at radius 2 is 1.94 bits per heavy atom. The molecule has 16 heavy (non-hydrogen) atoms. The number of hydrogen-bond donors (Lipinski definition) is 1. The van der Waals surface area contributed by atoms with E-state index in [0.29, 0.717) is 11.6 Å². The Bertz CT molecular complexity index is 416. The van der Waals surface area contributed by atoms with E-state index in [2.05, 4.69) is 5.32 Å². The molecule has 1 aromatic rings. The fourth-order valence-corrected chi connectivity index (χ4v) is 1.68. The zero-order chi connectivity index (χ0) is 11.5. The molecule has 1 aliphatic rings. The van der Waals surface area contributed by atoms with Gasteiger partial charge in [0.1, 0.15) is 0 Å². The zero-order valence-electron chi connectivity index (χ0n) is 8.57. The van der Waals surface area contributed by atoms with Crippen molar-refractivity contribution in [3.8, 4) is 0 Å². The number of nitrogens with zero attached hydrogens (tertiary/aromatic N) is 1. The highest BCUT2D eigenvalue weighted by atomic mass is 35.5. The molecule has 0 unspecified atom stereocenters. The number of amides is 2. The summed E-state index contributed by atoms with van der Waals surface area (Å²) in [6, 6.07) is 7.24. The van der Waals surface area contributed by atoms with Gasteiger partial charge < -0.3 is 10.2 Å². The smallest absolute Gasteiger partial charge is 0.242 e. The summed E-state index contributed by atoms with van der Waals surface area (Å²) < 4.78 is 0. The van der Waals surface area contributed by atoms with Gasteiger partial charge in [-0.3, -0.25) is 9.59 Å². The van der Waals surface area contributed by atoms with E-state index in [0.717, 1.165) is 5.56 Å². The van der Waals surface area contributed by atoms with Crippen molar-refractivity contribution < 1.29 is 9.59 Å². The van der Waals surface area contributed by atoms with Crippen LogP contribution in [0.2, 0.25) is 5.02 Å². The normalized spacial score (nSPS) is 16.2. The molecule has 1 heterocycles. The van der Waals surface area contributed by atoms with Crippen LogP contribution in [0.4, 0.5) is 0 Å². The first-order valence-electron chi connectivity index (χ1n) is 4.94. The summed E-state index contributed by atoms with van der Waals surface area (Å²) in [6.45, 7) is 0.664. The van der Waals surface area contributed by atoms with Crippen LogP contribution in [-0.4, -0.2) is 29.8 Å². The molecular weight excluding hydrogens is 228 g/mol. The van der Waals surface area contributed by atoms with E-state index >= 15 is 0 Å². The molecule has 1 N–H and O–H groups in total. The lowest BCUT2D eigenvalue weighted by Crippen LogP contribution is -2.50. The molecule has 2 amide bonds. The Morgan fingerprint density at radius 3 is 2.62 bits per heavy atom. The van der Waals surface area contributed by atoms with E-state index in [1.165, 1.54) is 4.90 Å². The van der Waals surface area contributed by atoms with Gasteiger partial charge in [0.2, 0.25) is 11.8 Å². The minimum absolute atomic E-state index is 0.0606. The minimum Gasteiger partial charge on any atom is -0.345 e. The first-order valence-corrected chi connectivity index (χ1v) is 5.32. The molecule has 1 fully saturated rings. The number of hydrogen-bond acceptors (Lipinski definition) is 2. The van der Waals surface area contributed by atoms with Crippen LogP contribution in [0.3, 0.4) is 0 Å². The van der Waals surface area contributed by atoms with Gasteiger partial charge in [-0.05, 0) is 17.7 Å². The second kappa shape index (κ2) is 4.53. The second-order valence-electron chi connectivity index (χ2n) is 3.65. The van der Waals surface area contributed by atoms with E-state index in [-0.39, 0.29) is 24.9 Å². The lowest BCUT2D eigenvalue weighted by molar-refractivity contribution is -0.141. The van der Waals surface area contributed by atoms with Gasteiger partial charge in [-0.2, -0.15) is 0 Å². The second-order valence-corrected chi connectivity index (χ2v) is 4.09. The predicted octanol–water partition coefficient (Wildman–Crippen LogP) is 0.798. The van der Waals surface area contributed by atoms with Gasteiger partial charge in [0, 0.05) is 11.6 Å². The van der Waals surface area contributed by atoms with Crippen molar-refractivity contribution in [1.29, 1.82) is 0 Å². The summed E-state index contributed by atoms with van der Waals surface area (Å²) in [5.74, 6) is -0.178. The summed E-state index contributed by atoms with van der Waals surface area (Å²) in [5.41, 5.74) is 0.965. The topological polar surface area (TPSA) is 49.4 Å². The third-order valence-corrected chi connectivity index (χ3v) is 2.66. The molecule has 0 spiro atoms. The molecule has 0 atom stereocenters. The summed E-state index contributed by atoms with van der Waals surface area (Å²) in [6.07, 6.45) is 0. The Labute approximate surface area is 98.2 Å². The van der Waals surface area contributed by atoms with Crippen LogP contribution >= 0.6 is 11.6 Å². The Morgan fingerprint density at radius 1 is 1.25 bits per heavy atom. The van der Waals surface area contributed by atoms with Gasteiger partial charge in [-0.1, -0.05) is 23.7 Å². The highest BCUT2D eigenvalue weighted by Crippen LogP contribution is 2.12. The monoisotopic (exact) mass is 238 g/mol. The number of rotatable bonds is 2. The summed E-state index contributed by atoms with van der Waals surface area (Å²) in [7, 11) is 0. The summed E-state index contributed by atoms with van der Waals surface area (Å²) in [4.78, 5) is 24.2. The highest BCUT2D eigenvalue weighted by Gasteiger charge is 2.22. The largest absolute Gasteiger partial charge is 0.345 e. The summed E-state index contributed by atoms with van der Waals surface area (Å²) >= 11 is 5.76. The van der Waals surface area contributed by atoms with E-state index in [1.807, 2.05) is 12.1 Å². The Balaban J connectivity index is 2.05. The molecule has 0 aliphatic carbocycles. The molecule has 5 heteroatoms. The lowest BCUT2D eigenvalue weighted by Gasteiger charge is -2.26. The molecule has 1 aliphatic heterocycles. The van der Waals surface area contributed by atoms with E-state index in [9.17, 15) is 9.59 Å². The van der Waals surface area contributed by atoms with Crippen molar-refractivity contribution in [3.63, 3.8) is 0 Å². The van der Waals surface area contributed by atoms with Crippen LogP contribution in [-0.2, 0) is 16.1 Å². The van der Waals surface area contributed by atoms with Crippen LogP contribution in [0.25, 0.3) is 0 Å². The number of carbonyl (C=O) groups is 2. The Hall–Kier alpha value is -1.55. The molecular formula is C11H11ClN2O2. The SMILES string of the molecule is O=C1CN(Cc2ccc(Cl)cc2)C(=O)CN1. The molecule has 1 aromatic carbocycles. The first kappa shape index (κ1) is 11.0. The number of piperazine rings is 1.